The predicted octanol–water partition coefficient (Wildman–Crippen LogP) is 1.81. The molecule has 1 aliphatic carbocycles. The van der Waals surface area contributed by atoms with Crippen LogP contribution in [0.15, 0.2) is 11.6 Å². The first-order valence-electron chi connectivity index (χ1n) is 14.3. The third kappa shape index (κ3) is 6.96. The Morgan fingerprint density at radius 1 is 1.25 bits per heavy atom. The molecule has 0 radical (unpaired) electrons. The van der Waals surface area contributed by atoms with Gasteiger partial charge in [-0.25, -0.2) is 9.59 Å². The van der Waals surface area contributed by atoms with E-state index >= 15 is 0 Å². The second-order valence-corrected chi connectivity index (χ2v) is 12.0. The zero-order chi connectivity index (χ0) is 29.1. The number of nitrogens with two attached hydrogens (primary N) is 1. The number of carbonyl (C=O) groups excluding carboxylic acids is 3. The number of allylic oxidation sites excluding steroid dienone is 1. The fourth-order valence-corrected chi connectivity index (χ4v) is 6.42. The highest BCUT2D eigenvalue weighted by atomic mass is 16.6. The van der Waals surface area contributed by atoms with Crippen LogP contribution in [0.4, 0.5) is 9.59 Å². The van der Waals surface area contributed by atoms with Gasteiger partial charge < -0.3 is 34.3 Å². The molecule has 3 heterocycles. The maximum absolute atomic E-state index is 13.3. The van der Waals surface area contributed by atoms with Crippen LogP contribution in [0.5, 0.6) is 0 Å². The molecule has 40 heavy (non-hydrogen) atoms. The molecule has 3 saturated heterocycles. The molecule has 0 aromatic rings. The Morgan fingerprint density at radius 3 is 2.65 bits per heavy atom. The molecule has 3 aliphatic heterocycles. The van der Waals surface area contributed by atoms with Gasteiger partial charge in [0.2, 0.25) is 5.91 Å². The molecule has 1 saturated carbocycles. The highest BCUT2D eigenvalue weighted by Gasteiger charge is 2.72. The van der Waals surface area contributed by atoms with Gasteiger partial charge in [-0.3, -0.25) is 15.0 Å². The van der Waals surface area contributed by atoms with Gasteiger partial charge in [-0.05, 0) is 59.9 Å². The number of amides is 3. The number of nitrogens with zero attached hydrogens (tertiary/aromatic N) is 2. The van der Waals surface area contributed by atoms with Crippen molar-refractivity contribution in [2.75, 3.05) is 53.6 Å². The van der Waals surface area contributed by atoms with Crippen LogP contribution >= 0.6 is 0 Å². The van der Waals surface area contributed by atoms with E-state index in [4.69, 9.17) is 29.4 Å². The molecule has 3 amide bonds. The summed E-state index contributed by atoms with van der Waals surface area (Å²) in [5.41, 5.74) is 6.01. The number of rotatable bonds is 11. The molecule has 12 nitrogen and oxygen atoms in total. The zero-order valence-corrected chi connectivity index (χ0v) is 24.5. The van der Waals surface area contributed by atoms with E-state index in [2.05, 4.69) is 32.2 Å². The summed E-state index contributed by atoms with van der Waals surface area (Å²) in [6.07, 6.45) is 3.82. The van der Waals surface area contributed by atoms with Crippen molar-refractivity contribution in [3.05, 3.63) is 11.6 Å². The van der Waals surface area contributed by atoms with Gasteiger partial charge in [0, 0.05) is 26.7 Å². The topological polar surface area (TPSA) is 148 Å². The maximum atomic E-state index is 13.3. The van der Waals surface area contributed by atoms with Crippen molar-refractivity contribution >= 4 is 18.1 Å². The Hall–Kier alpha value is -2.25. The molecule has 1 spiro atoms. The minimum absolute atomic E-state index is 0.0250. The lowest BCUT2D eigenvalue weighted by Crippen LogP contribution is -2.56. The summed E-state index contributed by atoms with van der Waals surface area (Å²) >= 11 is 0. The SMILES string of the molecule is COC1C(OC(=O)N2CCC[C@H]2COC(=O)NC(=O)CN(C)CCN)CC[C@]2(CO2)C1[C@]1(C)O[C@@H]1CC=C(C)C. The molecule has 4 fully saturated rings. The number of imide groups is 1. The maximum Gasteiger partial charge on any atom is 0.413 e. The minimum Gasteiger partial charge on any atom is -0.447 e. The van der Waals surface area contributed by atoms with E-state index in [9.17, 15) is 14.4 Å². The van der Waals surface area contributed by atoms with E-state index in [1.807, 2.05) is 0 Å². The fraction of sp³-hybridized carbons (Fsp3) is 0.821. The average Bonchev–Trinajstić information content (AvgIpc) is 3.74. The van der Waals surface area contributed by atoms with Crippen molar-refractivity contribution in [2.24, 2.45) is 11.7 Å². The molecule has 0 bridgehead atoms. The lowest BCUT2D eigenvalue weighted by atomic mass is 9.68. The van der Waals surface area contributed by atoms with Crippen LogP contribution in [-0.4, -0.2) is 117 Å². The van der Waals surface area contributed by atoms with Crippen LogP contribution in [0.2, 0.25) is 0 Å². The summed E-state index contributed by atoms with van der Waals surface area (Å²) in [7, 11) is 3.39. The van der Waals surface area contributed by atoms with E-state index in [0.717, 1.165) is 19.3 Å². The van der Waals surface area contributed by atoms with E-state index in [-0.39, 0.29) is 42.9 Å². The number of alkyl carbamates (subject to hydrolysis) is 1. The van der Waals surface area contributed by atoms with Crippen molar-refractivity contribution in [3.8, 4) is 0 Å². The third-order valence-corrected chi connectivity index (χ3v) is 8.67. The van der Waals surface area contributed by atoms with E-state index in [1.54, 1.807) is 24.0 Å². The lowest BCUT2D eigenvalue weighted by Gasteiger charge is -2.43. The third-order valence-electron chi connectivity index (χ3n) is 8.67. The number of nitrogens with one attached hydrogen (secondary N) is 1. The van der Waals surface area contributed by atoms with Gasteiger partial charge in [-0.15, -0.1) is 0 Å². The van der Waals surface area contributed by atoms with Crippen molar-refractivity contribution in [1.29, 1.82) is 0 Å². The Morgan fingerprint density at radius 2 is 2.00 bits per heavy atom. The van der Waals surface area contributed by atoms with E-state index in [0.29, 0.717) is 39.1 Å². The first-order valence-corrected chi connectivity index (χ1v) is 14.3. The quantitative estimate of drug-likeness (QED) is 0.280. The molecular weight excluding hydrogens is 520 g/mol. The van der Waals surface area contributed by atoms with Gasteiger partial charge in [0.25, 0.3) is 0 Å². The van der Waals surface area contributed by atoms with E-state index < -0.39 is 29.8 Å². The predicted molar refractivity (Wildman–Crippen MR) is 146 cm³/mol. The first kappa shape index (κ1) is 30.7. The van der Waals surface area contributed by atoms with Gasteiger partial charge in [0.15, 0.2) is 0 Å². The van der Waals surface area contributed by atoms with E-state index in [1.165, 1.54) is 5.57 Å². The standard InChI is InChI=1S/C28H46N4O8/c1-18(2)8-9-21-27(3,40-21)24-23(36-5)20(10-11-28(24)17-38-28)39-26(35)32-13-6-7-19(32)16-37-25(34)30-22(33)15-31(4)14-12-29/h8,19-21,23-24H,6-7,9-17,29H2,1-5H3,(H,30,33,34)/t19-,20?,21+,23?,24?,27+,28-/m0/s1. The molecule has 226 valence electrons. The summed E-state index contributed by atoms with van der Waals surface area (Å²) in [5.74, 6) is -0.537. The second kappa shape index (κ2) is 12.7. The summed E-state index contributed by atoms with van der Waals surface area (Å²) in [6, 6.07) is -0.329. The number of likely N-dealkylation sites (tertiary alicyclic amines) is 1. The van der Waals surface area contributed by atoms with Gasteiger partial charge in [0.1, 0.15) is 30.0 Å². The van der Waals surface area contributed by atoms with Crippen molar-refractivity contribution < 1.29 is 38.1 Å². The molecule has 12 heteroatoms. The first-order chi connectivity index (χ1) is 19.0. The second-order valence-electron chi connectivity index (χ2n) is 12.0. The van der Waals surface area contributed by atoms with Crippen LogP contribution < -0.4 is 11.1 Å². The smallest absolute Gasteiger partial charge is 0.413 e. The zero-order valence-electron chi connectivity index (χ0n) is 24.5. The molecule has 3 N–H and O–H groups in total. The summed E-state index contributed by atoms with van der Waals surface area (Å²) in [5, 5.41) is 2.21. The van der Waals surface area contributed by atoms with Crippen LogP contribution in [0.3, 0.4) is 0 Å². The molecule has 0 aromatic heterocycles. The Balaban J connectivity index is 1.32. The molecule has 0 aromatic carbocycles. The van der Waals surface area contributed by atoms with Crippen LogP contribution in [0.1, 0.15) is 52.9 Å². The largest absolute Gasteiger partial charge is 0.447 e. The number of ether oxygens (including phenoxy) is 5. The molecule has 3 unspecified atom stereocenters. The van der Waals surface area contributed by atoms with Crippen LogP contribution in [0.25, 0.3) is 0 Å². The van der Waals surface area contributed by atoms with Crippen molar-refractivity contribution in [1.82, 2.24) is 15.1 Å². The fourth-order valence-electron chi connectivity index (χ4n) is 6.42. The molecule has 4 aliphatic rings. The summed E-state index contributed by atoms with van der Waals surface area (Å²) in [6.45, 7) is 8.37. The Bertz CT molecular complexity index is 968. The number of hydrogen-bond donors (Lipinski definition) is 2. The van der Waals surface area contributed by atoms with Gasteiger partial charge in [-0.2, -0.15) is 0 Å². The van der Waals surface area contributed by atoms with Gasteiger partial charge in [0.05, 0.1) is 31.2 Å². The normalized spacial score (nSPS) is 34.5. The lowest BCUT2D eigenvalue weighted by molar-refractivity contribution is -0.122. The molecule has 4 rings (SSSR count). The highest BCUT2D eigenvalue weighted by molar-refractivity contribution is 5.92. The van der Waals surface area contributed by atoms with Crippen molar-refractivity contribution in [2.45, 2.75) is 88.4 Å². The molecular formula is C28H46N4O8. The number of epoxide rings is 2. The van der Waals surface area contributed by atoms with Crippen LogP contribution in [-0.2, 0) is 28.5 Å². The monoisotopic (exact) mass is 566 g/mol. The average molecular weight is 567 g/mol. The number of carbonyl (C=O) groups is 3. The summed E-state index contributed by atoms with van der Waals surface area (Å²) in [4.78, 5) is 40.8. The minimum atomic E-state index is -0.837. The molecule has 7 atom stereocenters. The summed E-state index contributed by atoms with van der Waals surface area (Å²) < 4.78 is 29.6. The van der Waals surface area contributed by atoms with Crippen LogP contribution in [0, 0.1) is 5.92 Å². The number of hydrogen-bond acceptors (Lipinski definition) is 10. The highest BCUT2D eigenvalue weighted by Crippen LogP contribution is 2.59. The van der Waals surface area contributed by atoms with Gasteiger partial charge in [-0.1, -0.05) is 11.6 Å². The Labute approximate surface area is 236 Å². The van der Waals surface area contributed by atoms with Gasteiger partial charge >= 0.3 is 12.2 Å². The number of likely N-dealkylation sites (N-methyl/N-ethyl adjacent to an activating group) is 1. The number of methoxy groups -OCH3 is 1. The Kier molecular flexibility index (Phi) is 9.77. The van der Waals surface area contributed by atoms with Crippen molar-refractivity contribution in [3.63, 3.8) is 0 Å².